The Morgan fingerprint density at radius 1 is 1.02 bits per heavy atom. The molecule has 10 nitrogen and oxygen atoms in total. The van der Waals surface area contributed by atoms with E-state index in [1.54, 1.807) is 18.9 Å². The van der Waals surface area contributed by atoms with E-state index >= 15 is 0 Å². The Morgan fingerprint density at radius 3 is 2.10 bits per heavy atom. The number of nitrogens with zero attached hydrogens (tertiary/aromatic N) is 1. The molecular weight excluding hydrogens is 528 g/mol. The van der Waals surface area contributed by atoms with Crippen LogP contribution in [0, 0.1) is 0 Å². The van der Waals surface area contributed by atoms with Crippen molar-refractivity contribution >= 4 is 5.97 Å². The molecule has 1 aliphatic carbocycles. The lowest BCUT2D eigenvalue weighted by atomic mass is 9.74. The minimum absolute atomic E-state index is 0.169. The van der Waals surface area contributed by atoms with Gasteiger partial charge in [-0.3, -0.25) is 15.0 Å². The minimum atomic E-state index is -1.31. The van der Waals surface area contributed by atoms with Crippen LogP contribution in [0.1, 0.15) is 82.4 Å². The van der Waals surface area contributed by atoms with Crippen LogP contribution in [0.2, 0.25) is 0 Å². The van der Waals surface area contributed by atoms with Crippen LogP contribution in [0.3, 0.4) is 0 Å². The Bertz CT molecular complexity index is 1080. The van der Waals surface area contributed by atoms with Crippen molar-refractivity contribution in [3.05, 3.63) is 59.2 Å². The smallest absolute Gasteiger partial charge is 0.324 e. The lowest BCUT2D eigenvalue weighted by molar-refractivity contribution is -0.167. The summed E-state index contributed by atoms with van der Waals surface area (Å²) in [6.45, 7) is 10.6. The number of benzene rings is 2. The second kappa shape index (κ2) is 14.9. The van der Waals surface area contributed by atoms with Crippen LogP contribution in [0.4, 0.5) is 0 Å². The summed E-state index contributed by atoms with van der Waals surface area (Å²) in [7, 11) is 1.55. The molecule has 0 heterocycles. The summed E-state index contributed by atoms with van der Waals surface area (Å²) in [5.74, 6) is -0.0453. The van der Waals surface area contributed by atoms with Gasteiger partial charge in [-0.2, -0.15) is 0 Å². The highest BCUT2D eigenvalue weighted by Crippen LogP contribution is 2.40. The molecule has 1 aliphatic rings. The highest BCUT2D eigenvalue weighted by molar-refractivity contribution is 5.80. The van der Waals surface area contributed by atoms with Crippen molar-refractivity contribution in [2.24, 2.45) is 0 Å². The van der Waals surface area contributed by atoms with Crippen LogP contribution < -0.4 is 14.8 Å². The fourth-order valence-corrected chi connectivity index (χ4v) is 5.27. The molecule has 228 valence electrons. The summed E-state index contributed by atoms with van der Waals surface area (Å²) >= 11 is 0. The highest BCUT2D eigenvalue weighted by atomic mass is 16.5. The van der Waals surface area contributed by atoms with Crippen LogP contribution in [-0.2, 0) is 14.3 Å². The van der Waals surface area contributed by atoms with Gasteiger partial charge in [0, 0.05) is 32.5 Å². The van der Waals surface area contributed by atoms with Crippen molar-refractivity contribution in [1.82, 2.24) is 10.2 Å². The first-order valence-electron chi connectivity index (χ1n) is 14.3. The number of carboxylic acids is 1. The topological polar surface area (TPSA) is 130 Å². The van der Waals surface area contributed by atoms with Gasteiger partial charge in [0.05, 0.1) is 43.7 Å². The second-order valence-corrected chi connectivity index (χ2v) is 10.5. The predicted molar refractivity (Wildman–Crippen MR) is 155 cm³/mol. The van der Waals surface area contributed by atoms with E-state index in [9.17, 15) is 20.1 Å². The molecule has 2 unspecified atom stereocenters. The zero-order chi connectivity index (χ0) is 30.2. The third-order valence-corrected chi connectivity index (χ3v) is 7.72. The molecule has 0 saturated heterocycles. The minimum Gasteiger partial charge on any atom is -0.493 e. The number of hydrogen-bond donors (Lipinski definition) is 4. The maximum atomic E-state index is 12.2. The van der Waals surface area contributed by atoms with Gasteiger partial charge >= 0.3 is 5.97 Å². The maximum Gasteiger partial charge on any atom is 0.324 e. The first-order chi connectivity index (χ1) is 19.6. The molecule has 0 aromatic heterocycles. The zero-order valence-electron chi connectivity index (χ0n) is 25.0. The highest BCUT2D eigenvalue weighted by Gasteiger charge is 2.52. The van der Waals surface area contributed by atoms with E-state index < -0.39 is 30.0 Å². The standard InChI is InChI=1S/C31H46N2O8/c1-7-39-26-16-24(17-27(40-8-2)28(26)21(4)34)20(3)33(14-15-41-22(5)23-12-10-9-11-13-23)30(37)32-31(29(35)36)18-25(19-31)38-6/h9-13,16-17,20-22,25,30,32,34,37H,7-8,14-15,18-19H2,1-6H3,(H,35,36)/t20-,21?,22+,25-,30?,31+/m1/s1. The summed E-state index contributed by atoms with van der Waals surface area (Å²) in [5.41, 5.74) is 1.05. The molecule has 0 spiro atoms. The Kier molecular flexibility index (Phi) is 12.0. The van der Waals surface area contributed by atoms with Gasteiger partial charge in [0.25, 0.3) is 0 Å². The van der Waals surface area contributed by atoms with E-state index in [1.807, 2.05) is 70.2 Å². The van der Waals surface area contributed by atoms with Crippen LogP contribution in [-0.4, -0.2) is 77.7 Å². The van der Waals surface area contributed by atoms with Crippen molar-refractivity contribution < 1.29 is 39.1 Å². The number of carbonyl (C=O) groups is 1. The van der Waals surface area contributed by atoms with Crippen molar-refractivity contribution in [1.29, 1.82) is 0 Å². The number of carboxylic acid groups (broad SMARTS) is 1. The van der Waals surface area contributed by atoms with Crippen molar-refractivity contribution in [2.45, 2.75) is 83.7 Å². The normalized spacial score (nSPS) is 21.5. The molecule has 1 saturated carbocycles. The lowest BCUT2D eigenvalue weighted by Gasteiger charge is -2.47. The quantitative estimate of drug-likeness (QED) is 0.204. The first kappa shape index (κ1) is 32.8. The zero-order valence-corrected chi connectivity index (χ0v) is 25.0. The van der Waals surface area contributed by atoms with Gasteiger partial charge in [-0.15, -0.1) is 0 Å². The van der Waals surface area contributed by atoms with Gasteiger partial charge in [-0.25, -0.2) is 0 Å². The largest absolute Gasteiger partial charge is 0.493 e. The Balaban J connectivity index is 1.91. The van der Waals surface area contributed by atoms with Crippen LogP contribution >= 0.6 is 0 Å². The van der Waals surface area contributed by atoms with E-state index in [1.165, 1.54) is 0 Å². The summed E-state index contributed by atoms with van der Waals surface area (Å²) in [4.78, 5) is 14.0. The molecule has 0 amide bonds. The van der Waals surface area contributed by atoms with E-state index in [-0.39, 0.29) is 31.7 Å². The molecule has 2 aromatic carbocycles. The monoisotopic (exact) mass is 574 g/mol. The summed E-state index contributed by atoms with van der Waals surface area (Å²) < 4.78 is 23.2. The molecule has 10 heteroatoms. The van der Waals surface area contributed by atoms with Crippen LogP contribution in [0.15, 0.2) is 42.5 Å². The number of rotatable bonds is 17. The number of aliphatic hydroxyl groups is 2. The molecule has 0 bridgehead atoms. The van der Waals surface area contributed by atoms with Gasteiger partial charge < -0.3 is 34.3 Å². The fourth-order valence-electron chi connectivity index (χ4n) is 5.27. The fraction of sp³-hybridized carbons (Fsp3) is 0.581. The summed E-state index contributed by atoms with van der Waals surface area (Å²) in [6.07, 6.45) is -2.00. The molecular formula is C31H46N2O8. The number of aliphatic hydroxyl groups excluding tert-OH is 2. The first-order valence-corrected chi connectivity index (χ1v) is 14.3. The van der Waals surface area contributed by atoms with E-state index in [2.05, 4.69) is 5.32 Å². The molecule has 4 atom stereocenters. The number of aliphatic carboxylic acids is 1. The van der Waals surface area contributed by atoms with Crippen LogP contribution in [0.5, 0.6) is 11.5 Å². The summed E-state index contributed by atoms with van der Waals surface area (Å²) in [6, 6.07) is 13.1. The van der Waals surface area contributed by atoms with Crippen molar-refractivity contribution in [3.8, 4) is 11.5 Å². The molecule has 0 radical (unpaired) electrons. The molecule has 2 aromatic rings. The van der Waals surface area contributed by atoms with Gasteiger partial charge in [-0.1, -0.05) is 30.3 Å². The van der Waals surface area contributed by atoms with E-state index in [0.29, 0.717) is 36.8 Å². The van der Waals surface area contributed by atoms with Crippen LogP contribution in [0.25, 0.3) is 0 Å². The maximum absolute atomic E-state index is 12.2. The van der Waals surface area contributed by atoms with Crippen molar-refractivity contribution in [3.63, 3.8) is 0 Å². The Morgan fingerprint density at radius 2 is 1.61 bits per heavy atom. The molecule has 0 aliphatic heterocycles. The van der Waals surface area contributed by atoms with E-state index in [4.69, 9.17) is 18.9 Å². The van der Waals surface area contributed by atoms with E-state index in [0.717, 1.165) is 11.1 Å². The van der Waals surface area contributed by atoms with Gasteiger partial charge in [0.1, 0.15) is 17.0 Å². The third kappa shape index (κ3) is 7.97. The average molecular weight is 575 g/mol. The average Bonchev–Trinajstić information content (AvgIpc) is 2.92. The van der Waals surface area contributed by atoms with Gasteiger partial charge in [-0.05, 0) is 57.9 Å². The molecule has 3 rings (SSSR count). The Hall–Kier alpha value is -2.73. The SMILES string of the molecule is CCOc1cc([C@@H](C)N(CCO[C@@H](C)c2ccccc2)C(O)N[C@]2(C(=O)O)C[C@H](OC)C2)cc(OCC)c1C(C)O. The second-order valence-electron chi connectivity index (χ2n) is 10.5. The van der Waals surface area contributed by atoms with Gasteiger partial charge in [0.15, 0.2) is 6.35 Å². The lowest BCUT2D eigenvalue weighted by Crippen LogP contribution is -2.68. The predicted octanol–water partition coefficient (Wildman–Crippen LogP) is 4.18. The summed E-state index contributed by atoms with van der Waals surface area (Å²) in [5, 5.41) is 34.9. The number of ether oxygens (including phenoxy) is 4. The number of hydrogen-bond acceptors (Lipinski definition) is 9. The number of methoxy groups -OCH3 is 1. The number of nitrogens with one attached hydrogen (secondary N) is 1. The molecule has 4 N–H and O–H groups in total. The third-order valence-electron chi connectivity index (χ3n) is 7.72. The van der Waals surface area contributed by atoms with Crippen molar-refractivity contribution in [2.75, 3.05) is 33.5 Å². The van der Waals surface area contributed by atoms with Gasteiger partial charge in [0.2, 0.25) is 0 Å². The molecule has 1 fully saturated rings. The Labute approximate surface area is 243 Å². The molecule has 41 heavy (non-hydrogen) atoms.